The van der Waals surface area contributed by atoms with Crippen LogP contribution in [0.15, 0.2) is 112 Å². The molecule has 4 heterocycles. The van der Waals surface area contributed by atoms with Gasteiger partial charge in [-0.15, -0.1) is 0 Å². The Hall–Kier alpha value is -3.58. The fourth-order valence-electron chi connectivity index (χ4n) is 8.96. The van der Waals surface area contributed by atoms with Crippen molar-refractivity contribution >= 4 is 69.1 Å². The van der Waals surface area contributed by atoms with E-state index < -0.39 is 56.9 Å². The number of nitrogens with one attached hydrogen (secondary N) is 1. The normalized spacial score (nSPS) is 18.6. The summed E-state index contributed by atoms with van der Waals surface area (Å²) in [5.74, 6) is 0.167. The van der Waals surface area contributed by atoms with Crippen molar-refractivity contribution in [1.29, 1.82) is 0 Å². The number of hydrogen-bond donors (Lipinski definition) is 1. The van der Waals surface area contributed by atoms with E-state index in [0.717, 1.165) is 54.3 Å². The van der Waals surface area contributed by atoms with Gasteiger partial charge >= 0.3 is 292 Å². The van der Waals surface area contributed by atoms with Crippen LogP contribution in [0.2, 0.25) is 9.73 Å². The molecule has 11 nitrogen and oxygen atoms in total. The summed E-state index contributed by atoms with van der Waals surface area (Å²) in [6.45, 7) is 9.63. The molecule has 3 aliphatic heterocycles. The Morgan fingerprint density at radius 1 is 0.882 bits per heavy atom. The van der Waals surface area contributed by atoms with E-state index in [2.05, 4.69) is 36.3 Å². The minimum absolute atomic E-state index is 0.0204. The number of hydrogen-bond acceptors (Lipinski definition) is 11. The second kappa shape index (κ2) is 22.2. The average Bonchev–Trinajstić information content (AvgIpc) is 3.33. The third-order valence-electron chi connectivity index (χ3n) is 12.9. The molecule has 1 aromatic heterocycles. The Morgan fingerprint density at radius 3 is 2.31 bits per heavy atom. The number of piperidine rings is 1. The van der Waals surface area contributed by atoms with Gasteiger partial charge in [0.05, 0.1) is 0 Å². The number of likely N-dealkylation sites (tertiary alicyclic amines) is 1. The number of fused-ring (bicyclic) bond motifs is 1. The Labute approximate surface area is 414 Å². The second-order valence-corrected chi connectivity index (χ2v) is 25.8. The molecule has 0 saturated carbocycles. The maximum atomic E-state index is 14.5. The van der Waals surface area contributed by atoms with Crippen molar-refractivity contribution in [2.24, 2.45) is 0 Å². The van der Waals surface area contributed by atoms with Crippen LogP contribution in [0.3, 0.4) is 0 Å². The summed E-state index contributed by atoms with van der Waals surface area (Å²) in [7, 11) is -10.6. The van der Waals surface area contributed by atoms with Gasteiger partial charge in [0.15, 0.2) is 0 Å². The Bertz CT molecular complexity index is 2810. The topological polar surface area (TPSA) is 119 Å². The third-order valence-corrected chi connectivity index (χ3v) is 21.6. The van der Waals surface area contributed by atoms with E-state index >= 15 is 0 Å². The van der Waals surface area contributed by atoms with Gasteiger partial charge in [0.2, 0.25) is 0 Å². The van der Waals surface area contributed by atoms with Crippen LogP contribution in [-0.4, -0.2) is 138 Å². The van der Waals surface area contributed by atoms with Gasteiger partial charge in [0.25, 0.3) is 0 Å². The predicted molar refractivity (Wildman–Crippen MR) is 263 cm³/mol. The number of piperazine rings is 1. The van der Waals surface area contributed by atoms with Gasteiger partial charge in [-0.1, -0.05) is 29.8 Å². The SMILES string of the molecule is [2H]C1(N2CCc3c(ncnc3NS(=O)(=O)c3ccc([AsH][C@H](CCN4CCN(CC)CC4)CSc4ccccc4)c(S(=O)(=O)C(F)(F)F)c3)C2)CCN(Cc2cc(F)ccc2-c2ccc(Cl)cc2)CC1. The van der Waals surface area contributed by atoms with Crippen molar-refractivity contribution in [3.8, 4) is 11.1 Å². The van der Waals surface area contributed by atoms with E-state index in [0.29, 0.717) is 80.1 Å². The van der Waals surface area contributed by atoms with E-state index in [9.17, 15) is 35.8 Å². The number of likely N-dealkylation sites (N-methyl/N-ethyl adjacent to an activating group) is 1. The number of aromatic nitrogens is 2. The van der Waals surface area contributed by atoms with Gasteiger partial charge < -0.3 is 0 Å². The van der Waals surface area contributed by atoms with E-state index in [1.807, 2.05) is 47.4 Å². The van der Waals surface area contributed by atoms with Crippen molar-refractivity contribution in [2.45, 2.75) is 76.6 Å². The van der Waals surface area contributed by atoms with E-state index in [4.69, 9.17) is 11.6 Å². The van der Waals surface area contributed by atoms with Gasteiger partial charge in [0.1, 0.15) is 5.82 Å². The summed E-state index contributed by atoms with van der Waals surface area (Å²) in [5, 5.41) is 0.605. The van der Waals surface area contributed by atoms with Crippen LogP contribution in [0.5, 0.6) is 0 Å². The fraction of sp³-hybridized carbons (Fsp3) is 0.417. The maximum Gasteiger partial charge on any atom is 0.123 e. The number of thioether (sulfide) groups is 1. The monoisotopic (exact) mass is 1080 g/mol. The van der Waals surface area contributed by atoms with E-state index in [-0.39, 0.29) is 33.7 Å². The molecule has 0 radical (unpaired) electrons. The summed E-state index contributed by atoms with van der Waals surface area (Å²) in [4.78, 5) is 16.9. The van der Waals surface area contributed by atoms with Crippen LogP contribution in [-0.2, 0) is 39.4 Å². The largest absolute Gasteiger partial charge is 0.299 e. The van der Waals surface area contributed by atoms with E-state index in [1.165, 1.54) is 24.5 Å². The number of alkyl halides is 3. The number of nitrogens with zero attached hydrogens (tertiary/aromatic N) is 6. The molecule has 0 aliphatic carbocycles. The molecular formula is C48H55AsClF4N7O4S3. The summed E-state index contributed by atoms with van der Waals surface area (Å²) < 4.78 is 124. The molecule has 3 aliphatic rings. The third kappa shape index (κ3) is 12.5. The van der Waals surface area contributed by atoms with E-state index in [1.54, 1.807) is 36.0 Å². The number of rotatable bonds is 17. The van der Waals surface area contributed by atoms with Gasteiger partial charge in [-0.05, 0) is 66.9 Å². The Morgan fingerprint density at radius 2 is 1.60 bits per heavy atom. The molecule has 4 aromatic carbocycles. The molecule has 68 heavy (non-hydrogen) atoms. The van der Waals surface area contributed by atoms with Crippen LogP contribution < -0.4 is 9.07 Å². The molecule has 1 unspecified atom stereocenters. The molecule has 0 spiro atoms. The van der Waals surface area contributed by atoms with Gasteiger partial charge in [-0.3, -0.25) is 4.90 Å². The first-order valence-electron chi connectivity index (χ1n) is 23.1. The summed E-state index contributed by atoms with van der Waals surface area (Å²) >= 11 is 6.13. The first-order valence-corrected chi connectivity index (χ1v) is 29.2. The summed E-state index contributed by atoms with van der Waals surface area (Å²) in [6.07, 6.45) is 3.10. The quantitative estimate of drug-likeness (QED) is 0.0561. The molecular weight excluding hydrogens is 1020 g/mol. The number of sulfonamides is 1. The maximum absolute atomic E-state index is 14.5. The fourth-order valence-corrected chi connectivity index (χ4v) is 16.6. The standard InChI is InChI=1S/C48H55AsClF4N7O4S3/c1-2-58-24-26-59(27-25-58)20-16-36(32-66-40-6-4-3-5-7-40)49-44-15-13-41(29-46(44)67(62,63)48(52,53)54)68(64,65)57-47-43-19-23-61(31-45(43)55-33-56-47)39-17-21-60(22-18-39)30-35-28-38(51)12-14-42(35)34-8-10-37(50)11-9-34/h3-15,28-29,33,36,39,49H,2,16-27,30-32H2,1H3,(H,55,56,57)/t36-/m1/s1/i39D. The average molecular weight is 1080 g/mol. The Kier molecular flexibility index (Phi) is 16.2. The van der Waals surface area contributed by atoms with Crippen molar-refractivity contribution < 1.29 is 35.8 Å². The molecule has 0 amide bonds. The minimum atomic E-state index is -5.95. The molecule has 8 rings (SSSR count). The number of anilines is 1. The van der Waals surface area contributed by atoms with Gasteiger partial charge in [-0.25, -0.2) is 4.39 Å². The predicted octanol–water partition coefficient (Wildman–Crippen LogP) is 7.72. The van der Waals surface area contributed by atoms with Crippen LogP contribution in [0.4, 0.5) is 23.4 Å². The first-order chi connectivity index (χ1) is 32.9. The second-order valence-electron chi connectivity index (χ2n) is 17.2. The minimum Gasteiger partial charge on any atom is -0.299 e. The number of sulfone groups is 1. The van der Waals surface area contributed by atoms with Crippen molar-refractivity contribution in [3.05, 3.63) is 125 Å². The molecule has 5 aromatic rings. The smallest absolute Gasteiger partial charge is 0.123 e. The summed E-state index contributed by atoms with van der Waals surface area (Å²) in [6, 6.07) is 23.9. The zero-order valence-electron chi connectivity index (χ0n) is 38.6. The molecule has 2 saturated heterocycles. The molecule has 1 N–H and O–H groups in total. The Balaban J connectivity index is 0.965. The van der Waals surface area contributed by atoms with Crippen LogP contribution >= 0.6 is 23.4 Å². The van der Waals surface area contributed by atoms with Gasteiger partial charge in [-0.2, -0.15) is 0 Å². The van der Waals surface area contributed by atoms with Crippen LogP contribution in [0.1, 0.15) is 44.4 Å². The number of halogens is 5. The van der Waals surface area contributed by atoms with Crippen LogP contribution in [0.25, 0.3) is 11.1 Å². The van der Waals surface area contributed by atoms with Crippen molar-refractivity contribution in [1.82, 2.24) is 29.6 Å². The van der Waals surface area contributed by atoms with Gasteiger partial charge in [0, 0.05) is 12.9 Å². The first kappa shape index (κ1) is 49.4. The molecule has 2 fully saturated rings. The van der Waals surface area contributed by atoms with Crippen molar-refractivity contribution in [2.75, 3.05) is 69.4 Å². The zero-order chi connectivity index (χ0) is 49.0. The zero-order valence-corrected chi connectivity index (χ0v) is 42.9. The summed E-state index contributed by atoms with van der Waals surface area (Å²) in [5.41, 5.74) is -2.02. The molecule has 2 atom stereocenters. The molecule has 364 valence electrons. The van der Waals surface area contributed by atoms with Crippen LogP contribution in [0, 0.1) is 5.82 Å². The molecule has 20 heteroatoms. The molecule has 0 bridgehead atoms. The number of benzene rings is 4. The van der Waals surface area contributed by atoms with Crippen molar-refractivity contribution in [3.63, 3.8) is 0 Å².